The van der Waals surface area contributed by atoms with Crippen molar-refractivity contribution in [3.8, 4) is 0 Å². The Balaban J connectivity index is 1.64. The molecule has 2 heterocycles. The second-order valence-electron chi connectivity index (χ2n) is 6.71. The fourth-order valence-corrected chi connectivity index (χ4v) is 2.92. The fourth-order valence-electron chi connectivity index (χ4n) is 2.92. The molecule has 0 bridgehead atoms. The van der Waals surface area contributed by atoms with Crippen molar-refractivity contribution in [1.29, 1.82) is 0 Å². The molecule has 1 aromatic heterocycles. The number of aromatic nitrogens is 2. The molecule has 3 rings (SSSR count). The van der Waals surface area contributed by atoms with E-state index in [-0.39, 0.29) is 11.9 Å². The monoisotopic (exact) mass is 288 g/mol. The quantitative estimate of drug-likeness (QED) is 0.918. The average Bonchev–Trinajstić information content (AvgIpc) is 3.24. The van der Waals surface area contributed by atoms with Gasteiger partial charge in [0.25, 0.3) is 5.91 Å². The first-order valence-electron chi connectivity index (χ1n) is 7.91. The Morgan fingerprint density at radius 2 is 2.10 bits per heavy atom. The molecule has 21 heavy (non-hydrogen) atoms. The third-order valence-electron chi connectivity index (χ3n) is 4.57. The van der Waals surface area contributed by atoms with Crippen molar-refractivity contribution in [1.82, 2.24) is 20.2 Å². The highest BCUT2D eigenvalue weighted by Crippen LogP contribution is 2.38. The van der Waals surface area contributed by atoms with Crippen LogP contribution >= 0.6 is 0 Å². The fraction of sp³-hybridized carbons (Fsp3) is 0.688. The van der Waals surface area contributed by atoms with Crippen LogP contribution in [0, 0.1) is 5.92 Å². The summed E-state index contributed by atoms with van der Waals surface area (Å²) in [6, 6.07) is 0.721. The normalized spacial score (nSPS) is 26.3. The summed E-state index contributed by atoms with van der Waals surface area (Å²) in [4.78, 5) is 23.4. The van der Waals surface area contributed by atoms with E-state index in [1.54, 1.807) is 12.4 Å². The molecule has 1 saturated heterocycles. The molecule has 2 fully saturated rings. The van der Waals surface area contributed by atoms with Gasteiger partial charge in [-0.1, -0.05) is 6.92 Å². The highest BCUT2D eigenvalue weighted by molar-refractivity contribution is 5.92. The Kier molecular flexibility index (Phi) is 3.93. The van der Waals surface area contributed by atoms with Crippen LogP contribution in [0.15, 0.2) is 12.4 Å². The molecule has 1 aromatic rings. The van der Waals surface area contributed by atoms with Crippen LogP contribution < -0.4 is 5.32 Å². The zero-order valence-corrected chi connectivity index (χ0v) is 13.0. The lowest BCUT2D eigenvalue weighted by Crippen LogP contribution is -2.40. The lowest BCUT2D eigenvalue weighted by molar-refractivity contribution is 0.0925. The van der Waals surface area contributed by atoms with E-state index < -0.39 is 0 Å². The zero-order chi connectivity index (χ0) is 15.0. The molecule has 0 aromatic carbocycles. The van der Waals surface area contributed by atoms with Crippen LogP contribution in [0.25, 0.3) is 0 Å². The summed E-state index contributed by atoms with van der Waals surface area (Å²) in [5, 5.41) is 3.13. The Morgan fingerprint density at radius 3 is 2.71 bits per heavy atom. The summed E-state index contributed by atoms with van der Waals surface area (Å²) in [5.74, 6) is 0.899. The number of nitrogens with zero attached hydrogens (tertiary/aromatic N) is 3. The van der Waals surface area contributed by atoms with Gasteiger partial charge in [0, 0.05) is 37.3 Å². The summed E-state index contributed by atoms with van der Waals surface area (Å²) in [6.07, 6.45) is 5.69. The van der Waals surface area contributed by atoms with Gasteiger partial charge in [-0.3, -0.25) is 14.7 Å². The van der Waals surface area contributed by atoms with E-state index in [1.165, 1.54) is 12.8 Å². The molecule has 0 spiro atoms. The highest BCUT2D eigenvalue weighted by atomic mass is 16.2. The van der Waals surface area contributed by atoms with E-state index in [4.69, 9.17) is 0 Å². The van der Waals surface area contributed by atoms with Crippen LogP contribution in [-0.4, -0.2) is 45.9 Å². The molecular weight excluding hydrogens is 264 g/mol. The number of amides is 1. The number of hydrogen-bond donors (Lipinski definition) is 1. The number of hydrogen-bond acceptors (Lipinski definition) is 4. The van der Waals surface area contributed by atoms with Gasteiger partial charge in [0.05, 0.1) is 11.9 Å². The maximum atomic E-state index is 12.4. The van der Waals surface area contributed by atoms with Crippen molar-refractivity contribution in [3.63, 3.8) is 0 Å². The molecule has 0 radical (unpaired) electrons. The third-order valence-corrected chi connectivity index (χ3v) is 4.57. The predicted octanol–water partition coefficient (Wildman–Crippen LogP) is 1.81. The summed E-state index contributed by atoms with van der Waals surface area (Å²) >= 11 is 0. The minimum absolute atomic E-state index is 0.0903. The molecule has 0 unspecified atom stereocenters. The molecule has 114 valence electrons. The Hall–Kier alpha value is -1.49. The van der Waals surface area contributed by atoms with E-state index >= 15 is 0 Å². The second kappa shape index (κ2) is 5.72. The van der Waals surface area contributed by atoms with Crippen molar-refractivity contribution in [2.24, 2.45) is 5.92 Å². The van der Waals surface area contributed by atoms with Crippen molar-refractivity contribution in [2.75, 3.05) is 13.1 Å². The van der Waals surface area contributed by atoms with E-state index in [2.05, 4.69) is 41.0 Å². The number of rotatable bonds is 4. The molecular formula is C16H24N4O. The Bertz CT molecular complexity index is 527. The number of likely N-dealkylation sites (tertiary alicyclic amines) is 1. The lowest BCUT2D eigenvalue weighted by Gasteiger charge is -2.20. The van der Waals surface area contributed by atoms with Crippen LogP contribution in [0.4, 0.5) is 0 Å². The average molecular weight is 288 g/mol. The smallest absolute Gasteiger partial charge is 0.271 e. The van der Waals surface area contributed by atoms with E-state index in [9.17, 15) is 4.79 Å². The van der Waals surface area contributed by atoms with Gasteiger partial charge >= 0.3 is 0 Å². The molecule has 1 aliphatic heterocycles. The summed E-state index contributed by atoms with van der Waals surface area (Å²) in [5.41, 5.74) is 1.42. The van der Waals surface area contributed by atoms with Gasteiger partial charge in [-0.15, -0.1) is 0 Å². The van der Waals surface area contributed by atoms with Crippen LogP contribution in [0.3, 0.4) is 0 Å². The first kappa shape index (κ1) is 14.4. The molecule has 5 heteroatoms. The third kappa shape index (κ3) is 3.23. The summed E-state index contributed by atoms with van der Waals surface area (Å²) < 4.78 is 0. The van der Waals surface area contributed by atoms with Crippen LogP contribution in [0.1, 0.15) is 55.7 Å². The van der Waals surface area contributed by atoms with Gasteiger partial charge in [0.15, 0.2) is 0 Å². The van der Waals surface area contributed by atoms with Gasteiger partial charge in [-0.2, -0.15) is 0 Å². The van der Waals surface area contributed by atoms with Gasteiger partial charge < -0.3 is 5.32 Å². The molecule has 1 saturated carbocycles. The van der Waals surface area contributed by atoms with Crippen molar-refractivity contribution in [2.45, 2.75) is 51.6 Å². The highest BCUT2D eigenvalue weighted by Gasteiger charge is 2.32. The maximum absolute atomic E-state index is 12.4. The topological polar surface area (TPSA) is 58.1 Å². The molecule has 2 atom stereocenters. The maximum Gasteiger partial charge on any atom is 0.271 e. The molecule has 1 N–H and O–H groups in total. The second-order valence-corrected chi connectivity index (χ2v) is 6.71. The minimum atomic E-state index is -0.0903. The number of carbonyl (C=O) groups is 1. The van der Waals surface area contributed by atoms with Gasteiger partial charge in [-0.25, -0.2) is 4.98 Å². The number of carbonyl (C=O) groups excluding carboxylic acids is 1. The SMILES string of the molecule is CC(C)N1C[C@H](C)[C@H](NC(=O)c2cncc(C3CC3)n2)C1. The number of nitrogens with one attached hydrogen (secondary N) is 1. The summed E-state index contributed by atoms with van der Waals surface area (Å²) in [6.45, 7) is 8.54. The molecule has 2 aliphatic rings. The van der Waals surface area contributed by atoms with Crippen molar-refractivity contribution < 1.29 is 4.79 Å². The zero-order valence-electron chi connectivity index (χ0n) is 13.0. The van der Waals surface area contributed by atoms with Gasteiger partial charge in [-0.05, 0) is 32.6 Å². The van der Waals surface area contributed by atoms with E-state index in [0.717, 1.165) is 18.8 Å². The molecule has 5 nitrogen and oxygen atoms in total. The summed E-state index contributed by atoms with van der Waals surface area (Å²) in [7, 11) is 0. The first-order chi connectivity index (χ1) is 10.0. The van der Waals surface area contributed by atoms with Crippen molar-refractivity contribution >= 4 is 5.91 Å². The van der Waals surface area contributed by atoms with Gasteiger partial charge in [0.2, 0.25) is 0 Å². The van der Waals surface area contributed by atoms with Gasteiger partial charge in [0.1, 0.15) is 5.69 Å². The first-order valence-corrected chi connectivity index (χ1v) is 7.91. The van der Waals surface area contributed by atoms with Crippen molar-refractivity contribution in [3.05, 3.63) is 23.8 Å². The molecule has 1 aliphatic carbocycles. The molecule has 1 amide bonds. The van der Waals surface area contributed by atoms with Crippen LogP contribution in [0.2, 0.25) is 0 Å². The van der Waals surface area contributed by atoms with Crippen LogP contribution in [-0.2, 0) is 0 Å². The Labute approximate surface area is 126 Å². The minimum Gasteiger partial charge on any atom is -0.346 e. The van der Waals surface area contributed by atoms with E-state index in [1.807, 2.05) is 0 Å². The van der Waals surface area contributed by atoms with Crippen LogP contribution in [0.5, 0.6) is 0 Å². The Morgan fingerprint density at radius 1 is 1.33 bits per heavy atom. The van der Waals surface area contributed by atoms with E-state index in [0.29, 0.717) is 23.6 Å². The standard InChI is InChI=1S/C16H24N4O/c1-10(2)20-8-11(3)15(9-20)19-16(21)14-7-17-6-13(18-14)12-4-5-12/h6-7,10-12,15H,4-5,8-9H2,1-3H3,(H,19,21)/t11-,15+/m0/s1. The predicted molar refractivity (Wildman–Crippen MR) is 81.1 cm³/mol. The lowest BCUT2D eigenvalue weighted by atomic mass is 10.1. The largest absolute Gasteiger partial charge is 0.346 e.